The molecule has 0 saturated carbocycles. The average Bonchev–Trinajstić information content (AvgIpc) is 2.45. The highest BCUT2D eigenvalue weighted by atomic mass is 35.5. The van der Waals surface area contributed by atoms with Crippen LogP contribution in [0.15, 0.2) is 42.6 Å². The molecule has 1 aromatic carbocycles. The molecule has 0 unspecified atom stereocenters. The summed E-state index contributed by atoms with van der Waals surface area (Å²) in [5, 5.41) is 0.347. The first-order chi connectivity index (χ1) is 9.31. The van der Waals surface area contributed by atoms with Gasteiger partial charge in [-0.25, -0.2) is 4.98 Å². The fraction of sp³-hybridized carbons (Fsp3) is 0.214. The maximum absolute atomic E-state index is 5.87. The van der Waals surface area contributed by atoms with E-state index in [2.05, 4.69) is 4.98 Å². The maximum Gasteiger partial charge on any atom is 0.171 e. The molecule has 0 radical (unpaired) electrons. The lowest BCUT2D eigenvalue weighted by Crippen LogP contribution is -2.09. The minimum Gasteiger partial charge on any atom is -0.493 e. The molecule has 0 saturated heterocycles. The number of para-hydroxylation sites is 2. The van der Waals surface area contributed by atoms with Gasteiger partial charge in [0.2, 0.25) is 0 Å². The van der Waals surface area contributed by atoms with Gasteiger partial charge in [0, 0.05) is 6.20 Å². The molecule has 0 aliphatic rings. The van der Waals surface area contributed by atoms with Crippen molar-refractivity contribution in [3.63, 3.8) is 0 Å². The predicted molar refractivity (Wildman–Crippen MR) is 73.2 cm³/mol. The molecule has 1 heterocycles. The van der Waals surface area contributed by atoms with E-state index in [0.717, 1.165) is 0 Å². The average molecular weight is 280 g/mol. The van der Waals surface area contributed by atoms with Crippen molar-refractivity contribution in [1.82, 2.24) is 4.98 Å². The molecule has 1 aromatic heterocycles. The Morgan fingerprint density at radius 2 is 1.58 bits per heavy atom. The Kier molecular flexibility index (Phi) is 4.86. The number of methoxy groups -OCH3 is 1. The molecule has 4 nitrogen and oxygen atoms in total. The summed E-state index contributed by atoms with van der Waals surface area (Å²) in [6, 6.07) is 11.0. The van der Waals surface area contributed by atoms with E-state index in [9.17, 15) is 0 Å². The van der Waals surface area contributed by atoms with Crippen molar-refractivity contribution in [3.05, 3.63) is 47.7 Å². The fourth-order valence-electron chi connectivity index (χ4n) is 1.52. The second-order valence-corrected chi connectivity index (χ2v) is 4.00. The number of hydrogen-bond acceptors (Lipinski definition) is 4. The van der Waals surface area contributed by atoms with Gasteiger partial charge >= 0.3 is 0 Å². The van der Waals surface area contributed by atoms with Crippen molar-refractivity contribution in [3.8, 4) is 17.2 Å². The van der Waals surface area contributed by atoms with Crippen LogP contribution in [0.5, 0.6) is 17.2 Å². The Bertz CT molecular complexity index is 534. The maximum atomic E-state index is 5.87. The van der Waals surface area contributed by atoms with Crippen molar-refractivity contribution in [2.24, 2.45) is 0 Å². The number of benzene rings is 1. The third-order valence-electron chi connectivity index (χ3n) is 2.39. The molecule has 0 atom stereocenters. The Morgan fingerprint density at radius 1 is 0.947 bits per heavy atom. The van der Waals surface area contributed by atoms with Crippen LogP contribution in [-0.2, 0) is 0 Å². The van der Waals surface area contributed by atoms with E-state index in [-0.39, 0.29) is 0 Å². The van der Waals surface area contributed by atoms with Crippen LogP contribution in [0.2, 0.25) is 5.15 Å². The normalized spacial score (nSPS) is 10.0. The molecular weight excluding hydrogens is 266 g/mol. The molecule has 19 heavy (non-hydrogen) atoms. The van der Waals surface area contributed by atoms with Gasteiger partial charge in [0.15, 0.2) is 22.4 Å². The monoisotopic (exact) mass is 279 g/mol. The highest BCUT2D eigenvalue weighted by Gasteiger charge is 2.03. The predicted octanol–water partition coefficient (Wildman–Crippen LogP) is 3.20. The zero-order chi connectivity index (χ0) is 13.5. The van der Waals surface area contributed by atoms with Gasteiger partial charge in [-0.15, -0.1) is 0 Å². The Labute approximate surface area is 116 Å². The van der Waals surface area contributed by atoms with E-state index in [1.807, 2.05) is 24.3 Å². The second-order valence-electron chi connectivity index (χ2n) is 3.64. The van der Waals surface area contributed by atoms with Gasteiger partial charge in [0.25, 0.3) is 0 Å². The van der Waals surface area contributed by atoms with Gasteiger partial charge < -0.3 is 14.2 Å². The summed E-state index contributed by atoms with van der Waals surface area (Å²) in [7, 11) is 1.61. The van der Waals surface area contributed by atoms with Gasteiger partial charge in [-0.3, -0.25) is 0 Å². The largest absolute Gasteiger partial charge is 0.493 e. The Morgan fingerprint density at radius 3 is 2.26 bits per heavy atom. The summed E-state index contributed by atoms with van der Waals surface area (Å²) in [6.07, 6.45) is 1.61. The summed E-state index contributed by atoms with van der Waals surface area (Å²) < 4.78 is 16.2. The molecule has 0 aliphatic heterocycles. The lowest BCUT2D eigenvalue weighted by molar-refractivity contribution is 0.211. The van der Waals surface area contributed by atoms with E-state index < -0.39 is 0 Å². The number of pyridine rings is 1. The lowest BCUT2D eigenvalue weighted by Gasteiger charge is -2.11. The van der Waals surface area contributed by atoms with Crippen molar-refractivity contribution in [2.75, 3.05) is 20.3 Å². The fourth-order valence-corrected chi connectivity index (χ4v) is 1.69. The molecule has 0 aliphatic carbocycles. The van der Waals surface area contributed by atoms with Crippen LogP contribution in [0.1, 0.15) is 0 Å². The highest BCUT2D eigenvalue weighted by Crippen LogP contribution is 2.25. The van der Waals surface area contributed by atoms with E-state index in [1.54, 1.807) is 25.4 Å². The summed E-state index contributed by atoms with van der Waals surface area (Å²) in [6.45, 7) is 0.773. The number of nitrogens with zero attached hydrogens (tertiary/aromatic N) is 1. The first-order valence-electron chi connectivity index (χ1n) is 5.80. The molecule has 5 heteroatoms. The van der Waals surface area contributed by atoms with Crippen LogP contribution < -0.4 is 14.2 Å². The third-order valence-corrected chi connectivity index (χ3v) is 2.68. The third kappa shape index (κ3) is 3.76. The molecule has 0 bridgehead atoms. The molecular formula is C14H14ClNO3. The van der Waals surface area contributed by atoms with E-state index in [1.165, 1.54) is 0 Å². The number of hydrogen-bond donors (Lipinski definition) is 0. The second kappa shape index (κ2) is 6.85. The van der Waals surface area contributed by atoms with Crippen molar-refractivity contribution >= 4 is 11.6 Å². The first kappa shape index (κ1) is 13.5. The number of ether oxygens (including phenoxy) is 3. The Hall–Kier alpha value is -1.94. The number of halogens is 1. The molecule has 0 spiro atoms. The van der Waals surface area contributed by atoms with Crippen LogP contribution in [0.3, 0.4) is 0 Å². The van der Waals surface area contributed by atoms with E-state index >= 15 is 0 Å². The van der Waals surface area contributed by atoms with Crippen LogP contribution in [0.4, 0.5) is 0 Å². The smallest absolute Gasteiger partial charge is 0.171 e. The minimum absolute atomic E-state index is 0.347. The quantitative estimate of drug-likeness (QED) is 0.601. The summed E-state index contributed by atoms with van der Waals surface area (Å²) in [5.41, 5.74) is 0. The molecule has 0 amide bonds. The van der Waals surface area contributed by atoms with Gasteiger partial charge in [-0.2, -0.15) is 0 Å². The molecule has 100 valence electrons. The lowest BCUT2D eigenvalue weighted by atomic mass is 10.3. The van der Waals surface area contributed by atoms with Crippen LogP contribution in [-0.4, -0.2) is 25.3 Å². The summed E-state index contributed by atoms with van der Waals surface area (Å²) in [4.78, 5) is 3.92. The topological polar surface area (TPSA) is 40.6 Å². The molecule has 0 N–H and O–H groups in total. The van der Waals surface area contributed by atoms with Crippen LogP contribution in [0.25, 0.3) is 0 Å². The van der Waals surface area contributed by atoms with Crippen LogP contribution >= 0.6 is 11.6 Å². The minimum atomic E-state index is 0.347. The number of aromatic nitrogens is 1. The van der Waals surface area contributed by atoms with Crippen LogP contribution in [0, 0.1) is 0 Å². The zero-order valence-electron chi connectivity index (χ0n) is 10.5. The van der Waals surface area contributed by atoms with Gasteiger partial charge in [0.05, 0.1) is 7.11 Å². The van der Waals surface area contributed by atoms with Gasteiger partial charge in [-0.05, 0) is 24.3 Å². The Balaban J connectivity index is 1.83. The summed E-state index contributed by atoms with van der Waals surface area (Å²) >= 11 is 5.87. The molecule has 2 rings (SSSR count). The van der Waals surface area contributed by atoms with E-state index in [4.69, 9.17) is 25.8 Å². The first-order valence-corrected chi connectivity index (χ1v) is 6.18. The zero-order valence-corrected chi connectivity index (χ0v) is 11.3. The van der Waals surface area contributed by atoms with Gasteiger partial charge in [-0.1, -0.05) is 23.7 Å². The highest BCUT2D eigenvalue weighted by molar-refractivity contribution is 6.30. The van der Waals surface area contributed by atoms with E-state index in [0.29, 0.717) is 35.6 Å². The number of rotatable bonds is 6. The molecule has 2 aromatic rings. The SMILES string of the molecule is COc1ccccc1OCCOc1cccnc1Cl. The van der Waals surface area contributed by atoms with Crippen molar-refractivity contribution in [2.45, 2.75) is 0 Å². The standard InChI is InChI=1S/C14H14ClNO3/c1-17-11-5-2-3-6-12(11)18-9-10-19-13-7-4-8-16-14(13)15/h2-8H,9-10H2,1H3. The van der Waals surface area contributed by atoms with Crippen molar-refractivity contribution < 1.29 is 14.2 Å². The van der Waals surface area contributed by atoms with Gasteiger partial charge in [0.1, 0.15) is 13.2 Å². The summed E-state index contributed by atoms with van der Waals surface area (Å²) in [5.74, 6) is 1.93. The molecule has 0 fully saturated rings. The van der Waals surface area contributed by atoms with Crippen molar-refractivity contribution in [1.29, 1.82) is 0 Å².